The van der Waals surface area contributed by atoms with Crippen LogP contribution in [0.4, 0.5) is 4.79 Å². The number of amides is 2. The van der Waals surface area contributed by atoms with Gasteiger partial charge in [0.2, 0.25) is 12.7 Å². The quantitative estimate of drug-likeness (QED) is 0.835. The van der Waals surface area contributed by atoms with E-state index < -0.39 is 0 Å². The van der Waals surface area contributed by atoms with E-state index in [1.165, 1.54) is 0 Å². The lowest BCUT2D eigenvalue weighted by Crippen LogP contribution is -2.51. The molecule has 7 nitrogen and oxygen atoms in total. The lowest BCUT2D eigenvalue weighted by Gasteiger charge is -2.34. The van der Waals surface area contributed by atoms with Gasteiger partial charge in [0.15, 0.2) is 11.5 Å². The van der Waals surface area contributed by atoms with Crippen LogP contribution in [0.3, 0.4) is 0 Å². The maximum atomic E-state index is 12.7. The highest BCUT2D eigenvalue weighted by Gasteiger charge is 2.46. The molecular weight excluding hydrogens is 324 g/mol. The zero-order chi connectivity index (χ0) is 17.4. The van der Waals surface area contributed by atoms with Crippen molar-refractivity contribution in [3.8, 4) is 11.5 Å². The van der Waals surface area contributed by atoms with Crippen LogP contribution < -0.4 is 9.47 Å². The van der Waals surface area contributed by atoms with E-state index in [1.807, 2.05) is 23.1 Å². The van der Waals surface area contributed by atoms with Crippen LogP contribution in [0.2, 0.25) is 0 Å². The fraction of sp³-hybridized carbons (Fsp3) is 0.556. The highest BCUT2D eigenvalue weighted by molar-refractivity contribution is 5.83. The second-order valence-electron chi connectivity index (χ2n) is 6.57. The van der Waals surface area contributed by atoms with E-state index in [9.17, 15) is 9.59 Å². The molecule has 0 radical (unpaired) electrons. The Hall–Kier alpha value is -2.44. The summed E-state index contributed by atoms with van der Waals surface area (Å²) < 4.78 is 15.8. The summed E-state index contributed by atoms with van der Waals surface area (Å²) in [5.74, 6) is 2.01. The van der Waals surface area contributed by atoms with Gasteiger partial charge in [-0.05, 0) is 37.0 Å². The largest absolute Gasteiger partial charge is 0.454 e. The molecule has 3 aliphatic rings. The molecule has 2 heterocycles. The Morgan fingerprint density at radius 3 is 2.60 bits per heavy atom. The van der Waals surface area contributed by atoms with Gasteiger partial charge >= 0.3 is 6.09 Å². The molecule has 1 aliphatic carbocycles. The number of hydrogen-bond acceptors (Lipinski definition) is 5. The van der Waals surface area contributed by atoms with Gasteiger partial charge in [0.1, 0.15) is 0 Å². The molecule has 1 saturated carbocycles. The maximum Gasteiger partial charge on any atom is 0.409 e. The van der Waals surface area contributed by atoms with Crippen molar-refractivity contribution in [2.24, 2.45) is 5.92 Å². The van der Waals surface area contributed by atoms with E-state index >= 15 is 0 Å². The molecule has 7 heteroatoms. The Morgan fingerprint density at radius 2 is 1.84 bits per heavy atom. The molecule has 2 aliphatic heterocycles. The minimum atomic E-state index is -0.292. The van der Waals surface area contributed by atoms with Gasteiger partial charge in [-0.1, -0.05) is 6.07 Å². The standard InChI is InChI=1S/C18H22N2O5/c1-2-23-18(22)20-7-5-19(6-8-20)17(21)14-10-13(14)12-3-4-15-16(9-12)25-11-24-15/h3-4,9,13-14H,2,5-8,10-11H2,1H3/t13?,14-/m1/s1. The molecule has 134 valence electrons. The number of ether oxygens (including phenoxy) is 3. The molecular formula is C18H22N2O5. The summed E-state index contributed by atoms with van der Waals surface area (Å²) in [5.41, 5.74) is 1.13. The van der Waals surface area contributed by atoms with Crippen LogP contribution in [0.5, 0.6) is 11.5 Å². The fourth-order valence-corrected chi connectivity index (χ4v) is 3.54. The Labute approximate surface area is 146 Å². The topological polar surface area (TPSA) is 68.3 Å². The van der Waals surface area contributed by atoms with Crippen LogP contribution in [0, 0.1) is 5.92 Å². The van der Waals surface area contributed by atoms with Crippen molar-refractivity contribution in [1.29, 1.82) is 0 Å². The van der Waals surface area contributed by atoms with Crippen LogP contribution in [0.25, 0.3) is 0 Å². The molecule has 4 rings (SSSR count). The third kappa shape index (κ3) is 3.10. The zero-order valence-electron chi connectivity index (χ0n) is 14.3. The average Bonchev–Trinajstić information content (AvgIpc) is 3.30. The molecule has 1 aromatic carbocycles. The average molecular weight is 346 g/mol. The van der Waals surface area contributed by atoms with Crippen molar-refractivity contribution in [2.45, 2.75) is 19.3 Å². The maximum absolute atomic E-state index is 12.7. The predicted octanol–water partition coefficient (Wildman–Crippen LogP) is 1.82. The number of fused-ring (bicyclic) bond motifs is 1. The second-order valence-corrected chi connectivity index (χ2v) is 6.57. The zero-order valence-corrected chi connectivity index (χ0v) is 14.3. The molecule has 1 unspecified atom stereocenters. The van der Waals surface area contributed by atoms with Crippen LogP contribution in [-0.4, -0.2) is 61.4 Å². The Bertz CT molecular complexity index is 684. The normalized spacial score (nSPS) is 24.2. The Kier molecular flexibility index (Phi) is 4.15. The van der Waals surface area contributed by atoms with E-state index in [0.29, 0.717) is 32.8 Å². The van der Waals surface area contributed by atoms with Gasteiger partial charge in [-0.15, -0.1) is 0 Å². The summed E-state index contributed by atoms with van der Waals surface area (Å²) in [6.45, 7) is 4.64. The summed E-state index contributed by atoms with van der Waals surface area (Å²) in [6.07, 6.45) is 0.579. The molecule has 2 fully saturated rings. The minimum absolute atomic E-state index is 0.0366. The highest BCUT2D eigenvalue weighted by atomic mass is 16.7. The van der Waals surface area contributed by atoms with Crippen LogP contribution >= 0.6 is 0 Å². The van der Waals surface area contributed by atoms with Crippen LogP contribution in [0.15, 0.2) is 18.2 Å². The highest BCUT2D eigenvalue weighted by Crippen LogP contribution is 2.50. The molecule has 0 bridgehead atoms. The summed E-state index contributed by atoms with van der Waals surface area (Å²) >= 11 is 0. The Balaban J connectivity index is 1.32. The van der Waals surface area contributed by atoms with Crippen molar-refractivity contribution in [2.75, 3.05) is 39.6 Å². The first-order chi connectivity index (χ1) is 12.2. The first-order valence-electron chi connectivity index (χ1n) is 8.77. The molecule has 25 heavy (non-hydrogen) atoms. The number of hydrogen-bond donors (Lipinski definition) is 0. The van der Waals surface area contributed by atoms with E-state index in [0.717, 1.165) is 23.5 Å². The molecule has 0 spiro atoms. The van der Waals surface area contributed by atoms with Gasteiger partial charge in [0, 0.05) is 32.1 Å². The molecule has 0 aromatic heterocycles. The summed E-state index contributed by atoms with van der Waals surface area (Å²) in [6, 6.07) is 5.92. The van der Waals surface area contributed by atoms with Crippen molar-refractivity contribution < 1.29 is 23.8 Å². The monoisotopic (exact) mass is 346 g/mol. The number of nitrogens with zero attached hydrogens (tertiary/aromatic N) is 2. The molecule has 1 saturated heterocycles. The summed E-state index contributed by atoms with van der Waals surface area (Å²) in [7, 11) is 0. The van der Waals surface area contributed by atoms with Gasteiger partial charge in [0.25, 0.3) is 0 Å². The van der Waals surface area contributed by atoms with Crippen molar-refractivity contribution >= 4 is 12.0 Å². The molecule has 2 amide bonds. The summed E-state index contributed by atoms with van der Waals surface area (Å²) in [4.78, 5) is 28.0. The first kappa shape index (κ1) is 16.1. The van der Waals surface area contributed by atoms with Gasteiger partial charge in [-0.25, -0.2) is 4.79 Å². The van der Waals surface area contributed by atoms with Gasteiger partial charge in [-0.2, -0.15) is 0 Å². The van der Waals surface area contributed by atoms with E-state index in [4.69, 9.17) is 14.2 Å². The smallest absolute Gasteiger partial charge is 0.409 e. The number of carbonyl (C=O) groups excluding carboxylic acids is 2. The van der Waals surface area contributed by atoms with Gasteiger partial charge in [0.05, 0.1) is 6.61 Å². The molecule has 1 aromatic rings. The third-order valence-corrected chi connectivity index (χ3v) is 5.05. The Morgan fingerprint density at radius 1 is 1.12 bits per heavy atom. The summed E-state index contributed by atoms with van der Waals surface area (Å²) in [5, 5.41) is 0. The van der Waals surface area contributed by atoms with E-state index in [2.05, 4.69) is 0 Å². The van der Waals surface area contributed by atoms with Crippen molar-refractivity contribution in [3.63, 3.8) is 0 Å². The lowest BCUT2D eigenvalue weighted by atomic mass is 10.1. The third-order valence-electron chi connectivity index (χ3n) is 5.05. The molecule has 0 N–H and O–H groups in total. The minimum Gasteiger partial charge on any atom is -0.454 e. The van der Waals surface area contributed by atoms with E-state index in [-0.39, 0.29) is 30.6 Å². The van der Waals surface area contributed by atoms with Gasteiger partial charge in [-0.3, -0.25) is 4.79 Å². The van der Waals surface area contributed by atoms with Crippen molar-refractivity contribution in [1.82, 2.24) is 9.80 Å². The number of piperazine rings is 1. The van der Waals surface area contributed by atoms with Crippen LogP contribution in [-0.2, 0) is 9.53 Å². The second kappa shape index (κ2) is 6.46. The van der Waals surface area contributed by atoms with Crippen LogP contribution in [0.1, 0.15) is 24.8 Å². The van der Waals surface area contributed by atoms with Crippen molar-refractivity contribution in [3.05, 3.63) is 23.8 Å². The first-order valence-corrected chi connectivity index (χ1v) is 8.77. The number of benzene rings is 1. The SMILES string of the molecule is CCOC(=O)N1CCN(C(=O)[C@@H]2CC2c2ccc3c(c2)OCO3)CC1. The number of rotatable bonds is 3. The van der Waals surface area contributed by atoms with E-state index in [1.54, 1.807) is 11.8 Å². The predicted molar refractivity (Wildman–Crippen MR) is 88.6 cm³/mol. The lowest BCUT2D eigenvalue weighted by molar-refractivity contribution is -0.134. The molecule has 2 atom stereocenters. The number of carbonyl (C=O) groups is 2. The van der Waals surface area contributed by atoms with Gasteiger partial charge < -0.3 is 24.0 Å². The fourth-order valence-electron chi connectivity index (χ4n) is 3.54.